The molecule has 9 nitrogen and oxygen atoms in total. The number of carbonyl (C=O) groups is 1. The van der Waals surface area contributed by atoms with Gasteiger partial charge in [-0.2, -0.15) is 4.99 Å². The molecule has 12 heavy (non-hydrogen) atoms. The molecule has 0 spiro atoms. The maximum absolute atomic E-state index is 10.1. The van der Waals surface area contributed by atoms with Crippen LogP contribution < -0.4 is 0 Å². The van der Waals surface area contributed by atoms with Crippen LogP contribution in [0.15, 0.2) is 20.3 Å². The highest BCUT2D eigenvalue weighted by atomic mass is 16.7. The van der Waals surface area contributed by atoms with Gasteiger partial charge in [0.1, 0.15) is 5.10 Å². The highest BCUT2D eigenvalue weighted by Gasteiger charge is 2.18. The molecule has 9 heteroatoms. The summed E-state index contributed by atoms with van der Waals surface area (Å²) < 4.78 is 0. The first-order valence-electron chi connectivity index (χ1n) is 2.56. The highest BCUT2D eigenvalue weighted by Crippen LogP contribution is 1.99. The van der Waals surface area contributed by atoms with Crippen molar-refractivity contribution in [2.24, 2.45) is 20.3 Å². The van der Waals surface area contributed by atoms with E-state index in [-0.39, 0.29) is 0 Å². The number of hydrazone groups is 1. The number of aliphatic imine (C=N–C) groups is 1. The van der Waals surface area contributed by atoms with Gasteiger partial charge in [0, 0.05) is 0 Å². The number of rotatable bonds is 2. The van der Waals surface area contributed by atoms with Crippen molar-refractivity contribution in [2.75, 3.05) is 0 Å². The molecule has 1 rings (SSSR count). The fourth-order valence-electron chi connectivity index (χ4n) is 0.438. The number of amidine groups is 1. The number of aliphatic carboxylic acids is 1. The summed E-state index contributed by atoms with van der Waals surface area (Å²) in [6.45, 7) is 0. The molecule has 0 aromatic heterocycles. The summed E-state index contributed by atoms with van der Waals surface area (Å²) in [5, 5.41) is 25.6. The van der Waals surface area contributed by atoms with Gasteiger partial charge in [-0.15, -0.1) is 10.2 Å². The third kappa shape index (κ3) is 1.65. The third-order valence-corrected chi connectivity index (χ3v) is 0.802. The van der Waals surface area contributed by atoms with E-state index < -0.39 is 22.8 Å². The van der Waals surface area contributed by atoms with Crippen LogP contribution in [0.2, 0.25) is 0 Å². The number of hydrogen-bond donors (Lipinski definition) is 1. The molecule has 0 aromatic rings. The van der Waals surface area contributed by atoms with Crippen molar-refractivity contribution in [1.82, 2.24) is 0 Å². The second kappa shape index (κ2) is 2.82. The Kier molecular flexibility index (Phi) is 1.86. The largest absolute Gasteiger partial charge is 0.475 e. The lowest BCUT2D eigenvalue weighted by Crippen LogP contribution is -2.07. The van der Waals surface area contributed by atoms with Gasteiger partial charge in [-0.05, 0) is 0 Å². The Morgan fingerprint density at radius 1 is 1.58 bits per heavy atom. The standard InChI is InChI=1S/C3HN5O4/c9-2(10)1-4-3(6-5-1)7-8(11)12/h(H,9,10). The predicted octanol–water partition coefficient (Wildman–Crippen LogP) is -0.517. The van der Waals surface area contributed by atoms with E-state index in [0.29, 0.717) is 0 Å². The summed E-state index contributed by atoms with van der Waals surface area (Å²) in [7, 11) is 0. The van der Waals surface area contributed by atoms with E-state index in [1.807, 2.05) is 0 Å². The normalized spacial score (nSPS) is 18.0. The van der Waals surface area contributed by atoms with Crippen molar-refractivity contribution < 1.29 is 14.9 Å². The molecule has 1 heterocycles. The molecule has 0 bridgehead atoms. The predicted molar refractivity (Wildman–Crippen MR) is 34.4 cm³/mol. The van der Waals surface area contributed by atoms with Crippen LogP contribution in [0.5, 0.6) is 0 Å². The van der Waals surface area contributed by atoms with Crippen LogP contribution in [0.4, 0.5) is 0 Å². The number of nitro groups is 1. The fraction of sp³-hybridized carbons (Fsp3) is 0. The summed E-state index contributed by atoms with van der Waals surface area (Å²) in [4.78, 5) is 23.0. The van der Waals surface area contributed by atoms with Crippen LogP contribution in [0.3, 0.4) is 0 Å². The van der Waals surface area contributed by atoms with Gasteiger partial charge >= 0.3 is 11.9 Å². The summed E-state index contributed by atoms with van der Waals surface area (Å²) in [5.74, 6) is -2.60. The molecule has 0 radical (unpaired) electrons. The van der Waals surface area contributed by atoms with Crippen molar-refractivity contribution in [3.8, 4) is 0 Å². The zero-order valence-electron chi connectivity index (χ0n) is 5.41. The van der Waals surface area contributed by atoms with Crippen LogP contribution in [0.1, 0.15) is 0 Å². The average molecular weight is 171 g/mol. The van der Waals surface area contributed by atoms with Gasteiger partial charge in [-0.3, -0.25) is 0 Å². The van der Waals surface area contributed by atoms with Gasteiger partial charge in [0.05, 0.1) is 0 Å². The van der Waals surface area contributed by atoms with E-state index in [9.17, 15) is 14.9 Å². The number of guanidine groups is 1. The van der Waals surface area contributed by atoms with E-state index in [1.165, 1.54) is 0 Å². The lowest BCUT2D eigenvalue weighted by Gasteiger charge is -1.78. The lowest BCUT2D eigenvalue weighted by molar-refractivity contribution is -0.485. The third-order valence-electron chi connectivity index (χ3n) is 0.802. The minimum Gasteiger partial charge on any atom is -0.475 e. The summed E-state index contributed by atoms with van der Waals surface area (Å²) in [6.07, 6.45) is 0. The molecule has 0 fully saturated rings. The molecule has 0 aromatic carbocycles. The first-order chi connectivity index (χ1) is 5.59. The van der Waals surface area contributed by atoms with E-state index in [1.54, 1.807) is 0 Å². The molecule has 1 aliphatic heterocycles. The molecule has 0 amide bonds. The SMILES string of the molecule is O=C(O)C1=NC(=N[N+](=O)[O-])N=N1. The van der Waals surface area contributed by atoms with Gasteiger partial charge < -0.3 is 5.11 Å². The lowest BCUT2D eigenvalue weighted by atomic mass is 10.6. The Morgan fingerprint density at radius 3 is 2.67 bits per heavy atom. The molecule has 62 valence electrons. The highest BCUT2D eigenvalue weighted by molar-refractivity contribution is 6.37. The molecule has 0 atom stereocenters. The minimum atomic E-state index is -1.41. The maximum atomic E-state index is 10.1. The molecule has 0 aliphatic carbocycles. The Balaban J connectivity index is 2.86. The van der Waals surface area contributed by atoms with Crippen molar-refractivity contribution in [2.45, 2.75) is 0 Å². The van der Waals surface area contributed by atoms with Gasteiger partial charge in [0.2, 0.25) is 0 Å². The molecule has 0 saturated heterocycles. The number of azo groups is 1. The summed E-state index contributed by atoms with van der Waals surface area (Å²) in [6, 6.07) is 0. The van der Waals surface area contributed by atoms with Crippen LogP contribution >= 0.6 is 0 Å². The molecule has 0 saturated carbocycles. The van der Waals surface area contributed by atoms with Crippen molar-refractivity contribution in [1.29, 1.82) is 0 Å². The Morgan fingerprint density at radius 2 is 2.25 bits per heavy atom. The van der Waals surface area contributed by atoms with Crippen LogP contribution in [-0.2, 0) is 4.79 Å². The number of carboxylic acid groups (broad SMARTS) is 1. The smallest absolute Gasteiger partial charge is 0.375 e. The maximum Gasteiger partial charge on any atom is 0.375 e. The minimum absolute atomic E-state index is 0.572. The van der Waals surface area contributed by atoms with E-state index in [4.69, 9.17) is 5.11 Å². The zero-order valence-corrected chi connectivity index (χ0v) is 5.41. The van der Waals surface area contributed by atoms with Gasteiger partial charge in [0.15, 0.2) is 5.03 Å². The molecular weight excluding hydrogens is 170 g/mol. The molecule has 1 N–H and O–H groups in total. The monoisotopic (exact) mass is 171 g/mol. The number of nitrogens with zero attached hydrogens (tertiary/aromatic N) is 5. The first kappa shape index (κ1) is 7.91. The fourth-order valence-corrected chi connectivity index (χ4v) is 0.438. The second-order valence-electron chi connectivity index (χ2n) is 1.58. The van der Waals surface area contributed by atoms with Crippen LogP contribution in [0.25, 0.3) is 0 Å². The quantitative estimate of drug-likeness (QED) is 0.442. The second-order valence-corrected chi connectivity index (χ2v) is 1.58. The van der Waals surface area contributed by atoms with Crippen molar-refractivity contribution in [3.63, 3.8) is 0 Å². The van der Waals surface area contributed by atoms with Crippen molar-refractivity contribution >= 4 is 17.8 Å². The van der Waals surface area contributed by atoms with Gasteiger partial charge in [0.25, 0.3) is 5.84 Å². The molecule has 1 aliphatic rings. The Labute approximate surface area is 64.3 Å². The summed E-state index contributed by atoms with van der Waals surface area (Å²) >= 11 is 0. The Hall–Kier alpha value is -2.19. The van der Waals surface area contributed by atoms with Crippen LogP contribution in [-0.4, -0.2) is 27.9 Å². The number of hydrogen-bond acceptors (Lipinski definition) is 4. The van der Waals surface area contributed by atoms with E-state index >= 15 is 0 Å². The van der Waals surface area contributed by atoms with E-state index in [0.717, 1.165) is 0 Å². The molecule has 0 unspecified atom stereocenters. The topological polar surface area (TPSA) is 130 Å². The summed E-state index contributed by atoms with van der Waals surface area (Å²) in [5.41, 5.74) is 0. The average Bonchev–Trinajstić information content (AvgIpc) is 2.34. The Bertz CT molecular complexity index is 328. The first-order valence-corrected chi connectivity index (χ1v) is 2.56. The molecular formula is C3HN5O4. The van der Waals surface area contributed by atoms with Gasteiger partial charge in [-0.1, -0.05) is 0 Å². The van der Waals surface area contributed by atoms with E-state index in [2.05, 4.69) is 20.3 Å². The zero-order chi connectivity index (χ0) is 9.14. The van der Waals surface area contributed by atoms with Crippen LogP contribution in [0, 0.1) is 10.1 Å². The number of carboxylic acids is 1. The van der Waals surface area contributed by atoms with Gasteiger partial charge in [-0.25, -0.2) is 14.9 Å². The van der Waals surface area contributed by atoms with Crippen molar-refractivity contribution in [3.05, 3.63) is 10.1 Å².